The van der Waals surface area contributed by atoms with E-state index in [9.17, 15) is 9.59 Å². The fourth-order valence-electron chi connectivity index (χ4n) is 3.16. The molecule has 1 heterocycles. The largest absolute Gasteiger partial charge is 0.342 e. The Hall–Kier alpha value is -2.33. The molecule has 0 N–H and O–H groups in total. The van der Waals surface area contributed by atoms with Gasteiger partial charge in [-0.25, -0.2) is 0 Å². The second kappa shape index (κ2) is 8.17. The predicted molar refractivity (Wildman–Crippen MR) is 98.6 cm³/mol. The third kappa shape index (κ3) is 4.40. The van der Waals surface area contributed by atoms with Crippen LogP contribution in [0, 0.1) is 0 Å². The molecule has 1 aliphatic heterocycles. The average Bonchev–Trinajstić information content (AvgIpc) is 2.67. The molecule has 0 radical (unpaired) electrons. The summed E-state index contributed by atoms with van der Waals surface area (Å²) >= 11 is 6.00. The van der Waals surface area contributed by atoms with Crippen molar-refractivity contribution in [2.24, 2.45) is 0 Å². The third-order valence-corrected chi connectivity index (χ3v) is 4.88. The first kappa shape index (κ1) is 17.5. The second-order valence-corrected chi connectivity index (χ2v) is 6.70. The van der Waals surface area contributed by atoms with Gasteiger partial charge in [0.1, 0.15) is 0 Å². The van der Waals surface area contributed by atoms with Crippen LogP contribution in [0.15, 0.2) is 54.6 Å². The highest BCUT2D eigenvalue weighted by Gasteiger charge is 2.28. The van der Waals surface area contributed by atoms with Gasteiger partial charge in [-0.15, -0.1) is 0 Å². The van der Waals surface area contributed by atoms with Gasteiger partial charge in [-0.2, -0.15) is 0 Å². The van der Waals surface area contributed by atoms with E-state index in [2.05, 4.69) is 0 Å². The molecule has 1 saturated heterocycles. The monoisotopic (exact) mass is 356 g/mol. The maximum absolute atomic E-state index is 13.2. The van der Waals surface area contributed by atoms with Crippen molar-refractivity contribution in [1.29, 1.82) is 0 Å². The highest BCUT2D eigenvalue weighted by molar-refractivity contribution is 6.30. The van der Waals surface area contributed by atoms with Crippen molar-refractivity contribution in [3.63, 3.8) is 0 Å². The van der Waals surface area contributed by atoms with Crippen LogP contribution >= 0.6 is 11.6 Å². The lowest BCUT2D eigenvalue weighted by molar-refractivity contribution is -0.136. The maximum Gasteiger partial charge on any atom is 0.230 e. The van der Waals surface area contributed by atoms with E-state index in [-0.39, 0.29) is 11.8 Å². The normalized spacial score (nSPS) is 15.7. The molecule has 0 spiro atoms. The number of piperazine rings is 1. The van der Waals surface area contributed by atoms with Crippen LogP contribution in [-0.4, -0.2) is 48.3 Å². The Kier molecular flexibility index (Phi) is 5.71. The molecule has 1 fully saturated rings. The first-order chi connectivity index (χ1) is 12.2. The molecule has 0 aliphatic carbocycles. The fraction of sp³-hybridized carbons (Fsp3) is 0.300. The summed E-state index contributed by atoms with van der Waals surface area (Å²) in [6.45, 7) is 2.34. The molecular weight excluding hydrogens is 336 g/mol. The molecule has 0 aromatic heterocycles. The lowest BCUT2D eigenvalue weighted by Crippen LogP contribution is -2.49. The van der Waals surface area contributed by atoms with Crippen LogP contribution < -0.4 is 0 Å². The average molecular weight is 357 g/mol. The minimum Gasteiger partial charge on any atom is -0.342 e. The van der Waals surface area contributed by atoms with Gasteiger partial charge < -0.3 is 9.80 Å². The summed E-state index contributed by atoms with van der Waals surface area (Å²) < 4.78 is 0. The summed E-state index contributed by atoms with van der Waals surface area (Å²) in [5.74, 6) is -0.140. The van der Waals surface area contributed by atoms with E-state index < -0.39 is 0 Å². The van der Waals surface area contributed by atoms with Gasteiger partial charge in [0.05, 0.1) is 5.92 Å². The van der Waals surface area contributed by atoms with E-state index in [0.717, 1.165) is 17.5 Å². The van der Waals surface area contributed by atoms with Gasteiger partial charge in [-0.05, 0) is 29.7 Å². The number of rotatable bonds is 5. The van der Waals surface area contributed by atoms with Crippen LogP contribution in [0.25, 0.3) is 0 Å². The first-order valence-electron chi connectivity index (χ1n) is 8.45. The molecule has 5 heteroatoms. The van der Waals surface area contributed by atoms with Gasteiger partial charge in [0, 0.05) is 31.2 Å². The molecule has 25 heavy (non-hydrogen) atoms. The predicted octanol–water partition coefficient (Wildman–Crippen LogP) is 2.97. The number of halogens is 1. The molecule has 2 amide bonds. The molecule has 2 aromatic rings. The zero-order chi connectivity index (χ0) is 17.6. The van der Waals surface area contributed by atoms with E-state index in [1.54, 1.807) is 4.90 Å². The summed E-state index contributed by atoms with van der Waals surface area (Å²) in [4.78, 5) is 27.6. The number of amides is 2. The summed E-state index contributed by atoms with van der Waals surface area (Å²) in [7, 11) is 0. The highest BCUT2D eigenvalue weighted by Crippen LogP contribution is 2.25. The lowest BCUT2D eigenvalue weighted by atomic mass is 9.90. The minimum atomic E-state index is -0.248. The van der Waals surface area contributed by atoms with Gasteiger partial charge in [0.15, 0.2) is 0 Å². The molecule has 3 rings (SSSR count). The van der Waals surface area contributed by atoms with Gasteiger partial charge in [-0.1, -0.05) is 54.1 Å². The first-order valence-corrected chi connectivity index (χ1v) is 8.82. The Morgan fingerprint density at radius 1 is 1.00 bits per heavy atom. The topological polar surface area (TPSA) is 40.6 Å². The van der Waals surface area contributed by atoms with E-state index in [1.165, 1.54) is 0 Å². The summed E-state index contributed by atoms with van der Waals surface area (Å²) in [6, 6.07) is 17.5. The molecular formula is C20H21ClN2O2. The molecule has 0 bridgehead atoms. The van der Waals surface area contributed by atoms with Gasteiger partial charge in [-0.3, -0.25) is 9.59 Å². The van der Waals surface area contributed by atoms with Crippen molar-refractivity contribution in [2.45, 2.75) is 12.3 Å². The molecule has 1 unspecified atom stereocenters. The number of benzene rings is 2. The van der Waals surface area contributed by atoms with Crippen molar-refractivity contribution >= 4 is 23.9 Å². The Balaban J connectivity index is 1.81. The van der Waals surface area contributed by atoms with E-state index >= 15 is 0 Å². The van der Waals surface area contributed by atoms with Crippen molar-refractivity contribution < 1.29 is 9.59 Å². The molecule has 0 saturated carbocycles. The van der Waals surface area contributed by atoms with E-state index in [0.29, 0.717) is 37.6 Å². The fourth-order valence-corrected chi connectivity index (χ4v) is 3.29. The number of carbonyl (C=O) groups excluding carboxylic acids is 2. The zero-order valence-corrected chi connectivity index (χ0v) is 14.7. The SMILES string of the molecule is O=CN1CCN(C(=O)C(Cc2ccccc2)c2ccc(Cl)cc2)CC1. The van der Waals surface area contributed by atoms with Crippen molar-refractivity contribution in [3.05, 3.63) is 70.7 Å². The van der Waals surface area contributed by atoms with Crippen LogP contribution in [0.3, 0.4) is 0 Å². The molecule has 130 valence electrons. The van der Waals surface area contributed by atoms with Crippen molar-refractivity contribution in [1.82, 2.24) is 9.80 Å². The third-order valence-electron chi connectivity index (χ3n) is 4.63. The van der Waals surface area contributed by atoms with E-state index in [4.69, 9.17) is 11.6 Å². The van der Waals surface area contributed by atoms with Crippen molar-refractivity contribution in [3.8, 4) is 0 Å². The Morgan fingerprint density at radius 2 is 1.64 bits per heavy atom. The van der Waals surface area contributed by atoms with Crippen LogP contribution in [0.1, 0.15) is 17.0 Å². The maximum atomic E-state index is 13.2. The van der Waals surface area contributed by atoms with E-state index in [1.807, 2.05) is 59.5 Å². The highest BCUT2D eigenvalue weighted by atomic mass is 35.5. The quantitative estimate of drug-likeness (QED) is 0.773. The summed E-state index contributed by atoms with van der Waals surface area (Å²) in [5.41, 5.74) is 2.10. The molecule has 1 atom stereocenters. The molecule has 1 aliphatic rings. The lowest BCUT2D eigenvalue weighted by Gasteiger charge is -2.35. The molecule has 2 aromatic carbocycles. The van der Waals surface area contributed by atoms with Crippen LogP contribution in [0.4, 0.5) is 0 Å². The second-order valence-electron chi connectivity index (χ2n) is 6.26. The van der Waals surface area contributed by atoms with Crippen LogP contribution in [0.5, 0.6) is 0 Å². The summed E-state index contributed by atoms with van der Waals surface area (Å²) in [5, 5.41) is 0.661. The number of carbonyl (C=O) groups is 2. The summed E-state index contributed by atoms with van der Waals surface area (Å²) in [6.07, 6.45) is 1.50. The minimum absolute atomic E-state index is 0.108. The van der Waals surface area contributed by atoms with Gasteiger partial charge >= 0.3 is 0 Å². The van der Waals surface area contributed by atoms with Gasteiger partial charge in [0.25, 0.3) is 0 Å². The smallest absolute Gasteiger partial charge is 0.230 e. The van der Waals surface area contributed by atoms with Gasteiger partial charge in [0.2, 0.25) is 12.3 Å². The zero-order valence-electron chi connectivity index (χ0n) is 14.0. The standard InChI is InChI=1S/C20H21ClN2O2/c21-18-8-6-17(7-9-18)19(14-16-4-2-1-3-5-16)20(25)23-12-10-22(15-24)11-13-23/h1-9,15,19H,10-14H2. The Labute approximate surface area is 153 Å². The Bertz CT molecular complexity index is 710. The molecule has 4 nitrogen and oxygen atoms in total. The number of nitrogens with zero attached hydrogens (tertiary/aromatic N) is 2. The van der Waals surface area contributed by atoms with Crippen LogP contribution in [-0.2, 0) is 16.0 Å². The number of hydrogen-bond donors (Lipinski definition) is 0. The van der Waals surface area contributed by atoms with Crippen molar-refractivity contribution in [2.75, 3.05) is 26.2 Å². The number of hydrogen-bond acceptors (Lipinski definition) is 2. The Morgan fingerprint density at radius 3 is 2.24 bits per heavy atom. The van der Waals surface area contributed by atoms with Crippen LogP contribution in [0.2, 0.25) is 5.02 Å².